The van der Waals surface area contributed by atoms with Gasteiger partial charge in [0.25, 0.3) is 0 Å². The van der Waals surface area contributed by atoms with Gasteiger partial charge in [0.1, 0.15) is 11.9 Å². The summed E-state index contributed by atoms with van der Waals surface area (Å²) in [6, 6.07) is 11.3. The normalized spacial score (nSPS) is 23.3. The van der Waals surface area contributed by atoms with Crippen LogP contribution in [0.25, 0.3) is 16.6 Å². The Kier molecular flexibility index (Phi) is 7.15. The molecule has 0 spiro atoms. The molecule has 5 rings (SSSR count). The van der Waals surface area contributed by atoms with E-state index in [4.69, 9.17) is 11.6 Å². The van der Waals surface area contributed by atoms with E-state index < -0.39 is 20.1 Å². The van der Waals surface area contributed by atoms with E-state index in [0.717, 1.165) is 54.5 Å². The lowest BCUT2D eigenvalue weighted by Gasteiger charge is -2.54. The minimum atomic E-state index is -2.55. The van der Waals surface area contributed by atoms with Crippen molar-refractivity contribution in [3.63, 3.8) is 0 Å². The van der Waals surface area contributed by atoms with Crippen LogP contribution in [0.3, 0.4) is 0 Å². The standard InChI is InChI=1S/C30H40ClFN4O2Si/c1-7-34-27(25-20-35(23-14-12-22(32)13-15-23)26-16-11-21(31)19-24(25)26)30(38,33-17-9-8-10-18-33)36(28(34)37)39(5,6)29(2,3)4/h11-16,19-20,27,38H,7-10,17-18H2,1-6H3. The Hall–Kier alpha value is -2.39. The maximum absolute atomic E-state index is 14.4. The van der Waals surface area contributed by atoms with E-state index in [9.17, 15) is 14.3 Å². The third-order valence-electron chi connectivity index (χ3n) is 9.20. The molecule has 39 heavy (non-hydrogen) atoms. The molecular weight excluding hydrogens is 531 g/mol. The van der Waals surface area contributed by atoms with E-state index >= 15 is 0 Å². The minimum absolute atomic E-state index is 0.119. The molecule has 0 bridgehead atoms. The van der Waals surface area contributed by atoms with Gasteiger partial charge in [0.15, 0.2) is 8.24 Å². The van der Waals surface area contributed by atoms with Gasteiger partial charge in [-0.2, -0.15) is 0 Å². The van der Waals surface area contributed by atoms with Crippen molar-refractivity contribution in [3.05, 3.63) is 65.1 Å². The first-order valence-electron chi connectivity index (χ1n) is 14.0. The predicted molar refractivity (Wildman–Crippen MR) is 158 cm³/mol. The molecular formula is C30H40ClFN4O2Si. The fourth-order valence-electron chi connectivity index (χ4n) is 6.19. The number of carbonyl (C=O) groups excluding carboxylic acids is 1. The third-order valence-corrected chi connectivity index (χ3v) is 14.7. The molecule has 0 radical (unpaired) electrons. The molecule has 3 aromatic rings. The van der Waals surface area contributed by atoms with Crippen molar-refractivity contribution in [2.24, 2.45) is 0 Å². The van der Waals surface area contributed by atoms with Crippen LogP contribution in [0.5, 0.6) is 0 Å². The monoisotopic (exact) mass is 570 g/mol. The molecule has 0 saturated carbocycles. The number of benzene rings is 2. The lowest BCUT2D eigenvalue weighted by atomic mass is 9.98. The predicted octanol–water partition coefficient (Wildman–Crippen LogP) is 7.36. The molecule has 2 saturated heterocycles. The zero-order chi connectivity index (χ0) is 28.3. The highest BCUT2D eigenvalue weighted by molar-refractivity contribution is 6.79. The number of urea groups is 1. The lowest BCUT2D eigenvalue weighted by molar-refractivity contribution is -0.188. The third kappa shape index (κ3) is 4.40. The van der Waals surface area contributed by atoms with Crippen LogP contribution in [0.2, 0.25) is 23.2 Å². The smallest absolute Gasteiger partial charge is 0.315 e. The van der Waals surface area contributed by atoms with Crippen LogP contribution in [-0.4, -0.2) is 63.8 Å². The average Bonchev–Trinajstić information content (AvgIpc) is 3.36. The van der Waals surface area contributed by atoms with Gasteiger partial charge in [0.05, 0.1) is 5.52 Å². The summed E-state index contributed by atoms with van der Waals surface area (Å²) in [5.41, 5.74) is 2.52. The van der Waals surface area contributed by atoms with Gasteiger partial charge in [-0.1, -0.05) is 51.9 Å². The summed E-state index contributed by atoms with van der Waals surface area (Å²) < 4.78 is 17.7. The number of likely N-dealkylation sites (tertiary alicyclic amines) is 1. The van der Waals surface area contributed by atoms with E-state index in [2.05, 4.69) is 38.8 Å². The van der Waals surface area contributed by atoms with Crippen molar-refractivity contribution in [2.75, 3.05) is 19.6 Å². The van der Waals surface area contributed by atoms with Crippen molar-refractivity contribution < 1.29 is 14.3 Å². The number of carbonyl (C=O) groups is 1. The van der Waals surface area contributed by atoms with Crippen molar-refractivity contribution in [1.29, 1.82) is 0 Å². The number of hydrogen-bond donors (Lipinski definition) is 1. The summed E-state index contributed by atoms with van der Waals surface area (Å²) in [5, 5.41) is 14.4. The van der Waals surface area contributed by atoms with Gasteiger partial charge >= 0.3 is 6.03 Å². The number of fused-ring (bicyclic) bond motifs is 1. The summed E-state index contributed by atoms with van der Waals surface area (Å²) in [6.45, 7) is 14.8. The SMILES string of the molecule is CCN1C(=O)N([Si](C)(C)C(C)(C)C)C(O)(N2CCCCC2)C1c1cn(-c2ccc(F)cc2)c2ccc(Cl)cc12. The molecule has 1 aromatic heterocycles. The number of hydrogen-bond acceptors (Lipinski definition) is 3. The lowest BCUT2D eigenvalue weighted by Crippen LogP contribution is -2.70. The molecule has 2 amide bonds. The molecule has 2 fully saturated rings. The van der Waals surface area contributed by atoms with Crippen molar-refractivity contribution in [3.8, 4) is 5.69 Å². The van der Waals surface area contributed by atoms with Crippen LogP contribution in [0.1, 0.15) is 58.6 Å². The number of aromatic nitrogens is 1. The second kappa shape index (κ2) is 9.91. The highest BCUT2D eigenvalue weighted by Gasteiger charge is 2.66. The summed E-state index contributed by atoms with van der Waals surface area (Å²) in [5.74, 6) is -1.83. The van der Waals surface area contributed by atoms with Gasteiger partial charge in [0.2, 0.25) is 5.85 Å². The Morgan fingerprint density at radius 1 is 1.08 bits per heavy atom. The van der Waals surface area contributed by atoms with Gasteiger partial charge in [-0.15, -0.1) is 0 Å². The second-order valence-corrected chi connectivity index (χ2v) is 17.9. The summed E-state index contributed by atoms with van der Waals surface area (Å²) in [4.78, 5) is 18.4. The molecule has 2 aliphatic rings. The van der Waals surface area contributed by atoms with Crippen LogP contribution in [0.15, 0.2) is 48.7 Å². The van der Waals surface area contributed by atoms with Crippen molar-refractivity contribution in [1.82, 2.24) is 18.9 Å². The zero-order valence-corrected chi connectivity index (χ0v) is 25.6. The van der Waals surface area contributed by atoms with E-state index in [0.29, 0.717) is 11.6 Å². The Balaban J connectivity index is 1.80. The van der Waals surface area contributed by atoms with Gasteiger partial charge in [-0.3, -0.25) is 4.90 Å². The number of rotatable bonds is 5. The second-order valence-electron chi connectivity index (χ2n) is 12.4. The van der Waals surface area contributed by atoms with Gasteiger partial charge in [-0.25, -0.2) is 9.18 Å². The molecule has 3 heterocycles. The zero-order valence-electron chi connectivity index (χ0n) is 23.8. The number of likely N-dealkylation sites (N-methyl/N-ethyl adjacent to an activating group) is 1. The maximum atomic E-state index is 14.4. The van der Waals surface area contributed by atoms with Gasteiger partial charge in [-0.05, 0) is 67.3 Å². The minimum Gasteiger partial charge on any atom is -0.357 e. The molecule has 210 valence electrons. The molecule has 2 aromatic carbocycles. The van der Waals surface area contributed by atoms with Crippen LogP contribution < -0.4 is 0 Å². The van der Waals surface area contributed by atoms with Crippen molar-refractivity contribution in [2.45, 2.75) is 77.0 Å². The highest BCUT2D eigenvalue weighted by Crippen LogP contribution is 2.53. The summed E-state index contributed by atoms with van der Waals surface area (Å²) >= 11 is 6.54. The number of nitrogens with zero attached hydrogens (tertiary/aromatic N) is 4. The molecule has 9 heteroatoms. The Labute approximate surface area is 237 Å². The first-order valence-corrected chi connectivity index (χ1v) is 17.3. The maximum Gasteiger partial charge on any atom is 0.315 e. The molecule has 0 aliphatic carbocycles. The number of aliphatic hydroxyl groups is 1. The highest BCUT2D eigenvalue weighted by atomic mass is 35.5. The van der Waals surface area contributed by atoms with E-state index in [-0.39, 0.29) is 16.9 Å². The topological polar surface area (TPSA) is 52.0 Å². The van der Waals surface area contributed by atoms with Crippen LogP contribution in [0.4, 0.5) is 9.18 Å². The van der Waals surface area contributed by atoms with Crippen LogP contribution in [0, 0.1) is 5.82 Å². The average molecular weight is 571 g/mol. The number of piperidine rings is 1. The Morgan fingerprint density at radius 3 is 2.31 bits per heavy atom. The number of halogens is 2. The largest absolute Gasteiger partial charge is 0.357 e. The molecule has 2 aliphatic heterocycles. The first-order chi connectivity index (χ1) is 18.3. The van der Waals surface area contributed by atoms with Crippen LogP contribution in [-0.2, 0) is 0 Å². The summed E-state index contributed by atoms with van der Waals surface area (Å²) in [7, 11) is -2.55. The van der Waals surface area contributed by atoms with E-state index in [1.807, 2.05) is 45.4 Å². The number of amides is 2. The van der Waals surface area contributed by atoms with E-state index in [1.165, 1.54) is 12.1 Å². The van der Waals surface area contributed by atoms with Gasteiger partial charge < -0.3 is 19.1 Å². The quantitative estimate of drug-likeness (QED) is 0.326. The molecule has 1 N–H and O–H groups in total. The van der Waals surface area contributed by atoms with Crippen LogP contribution >= 0.6 is 11.6 Å². The first kappa shape index (κ1) is 28.1. The Morgan fingerprint density at radius 2 is 1.72 bits per heavy atom. The van der Waals surface area contributed by atoms with Gasteiger partial charge in [0, 0.05) is 47.5 Å². The van der Waals surface area contributed by atoms with Crippen molar-refractivity contribution >= 4 is 36.8 Å². The fourth-order valence-corrected chi connectivity index (χ4v) is 8.73. The van der Waals surface area contributed by atoms with E-state index in [1.54, 1.807) is 12.1 Å². The molecule has 2 unspecified atom stereocenters. The fraction of sp³-hybridized carbons (Fsp3) is 0.500. The summed E-state index contributed by atoms with van der Waals surface area (Å²) in [6.07, 6.45) is 5.06. The molecule has 2 atom stereocenters. The Bertz CT molecular complexity index is 1380. The molecule has 6 nitrogen and oxygen atoms in total.